The van der Waals surface area contributed by atoms with Gasteiger partial charge in [-0.05, 0) is 37.8 Å². The number of aromatic nitrogens is 3. The van der Waals surface area contributed by atoms with Gasteiger partial charge in [0.05, 0.1) is 29.6 Å². The van der Waals surface area contributed by atoms with E-state index in [0.29, 0.717) is 37.9 Å². The molecule has 2 bridgehead atoms. The lowest BCUT2D eigenvalue weighted by atomic mass is 9.64. The van der Waals surface area contributed by atoms with Crippen LogP contribution in [0.1, 0.15) is 39.5 Å². The number of aliphatic hydroxyl groups excluding tert-OH is 1. The molecule has 5 rings (SSSR count). The first-order valence-electron chi connectivity index (χ1n) is 14.5. The summed E-state index contributed by atoms with van der Waals surface area (Å²) in [6.07, 6.45) is 5.68. The molecule has 3 aliphatic rings. The number of carbonyl (C=O) groups excluding carboxylic acids is 3. The van der Waals surface area contributed by atoms with Crippen molar-refractivity contribution in [1.82, 2.24) is 29.7 Å². The minimum Gasteiger partial charge on any atom is -0.395 e. The summed E-state index contributed by atoms with van der Waals surface area (Å²) in [6.45, 7) is 12.5. The van der Waals surface area contributed by atoms with Gasteiger partial charge >= 0.3 is 0 Å². The molecule has 2 aromatic rings. The van der Waals surface area contributed by atoms with Crippen LogP contribution in [0.4, 0.5) is 0 Å². The summed E-state index contributed by atoms with van der Waals surface area (Å²) in [4.78, 5) is 47.6. The predicted molar refractivity (Wildman–Crippen MR) is 152 cm³/mol. The van der Waals surface area contributed by atoms with Crippen molar-refractivity contribution in [3.8, 4) is 0 Å². The summed E-state index contributed by atoms with van der Waals surface area (Å²) in [6, 6.07) is 6.49. The fraction of sp³-hybridized carbons (Fsp3) is 0.567. The number of para-hydroxylation sites is 1. The first-order chi connectivity index (χ1) is 19.8. The van der Waals surface area contributed by atoms with E-state index in [1.54, 1.807) is 26.6 Å². The maximum atomic E-state index is 14.5. The number of nitrogens with zero attached hydrogens (tertiary/aromatic N) is 6. The Hall–Kier alpha value is -3.57. The van der Waals surface area contributed by atoms with Crippen molar-refractivity contribution in [3.63, 3.8) is 0 Å². The molecule has 0 saturated carbocycles. The average molecular weight is 565 g/mol. The Morgan fingerprint density at radius 3 is 2.56 bits per heavy atom. The topological polar surface area (TPSA) is 121 Å². The van der Waals surface area contributed by atoms with Crippen LogP contribution in [0.3, 0.4) is 0 Å². The summed E-state index contributed by atoms with van der Waals surface area (Å²) < 4.78 is 8.49. The second kappa shape index (κ2) is 11.4. The minimum atomic E-state index is -1.17. The number of β-amino-alcohol motifs (C(OH)–C–C–N with tert-alkyl or cyclic N) is 1. The Morgan fingerprint density at radius 1 is 1.15 bits per heavy atom. The lowest BCUT2D eigenvalue weighted by molar-refractivity contribution is -0.156. The zero-order valence-electron chi connectivity index (χ0n) is 23.9. The van der Waals surface area contributed by atoms with E-state index in [2.05, 4.69) is 23.5 Å². The highest BCUT2D eigenvalue weighted by molar-refractivity contribution is 5.99. The smallest absolute Gasteiger partial charge is 0.250 e. The molecule has 11 nitrogen and oxygen atoms in total. The van der Waals surface area contributed by atoms with Gasteiger partial charge in [0.2, 0.25) is 17.7 Å². The normalized spacial score (nSPS) is 28.2. The number of fused-ring (bicyclic) bond motifs is 2. The molecule has 1 aromatic heterocycles. The first kappa shape index (κ1) is 28.9. The third-order valence-corrected chi connectivity index (χ3v) is 9.06. The molecule has 3 fully saturated rings. The molecule has 3 amide bonds. The van der Waals surface area contributed by atoms with Gasteiger partial charge in [0.1, 0.15) is 23.8 Å². The molecule has 1 aromatic carbocycles. The lowest BCUT2D eigenvalue weighted by Gasteiger charge is -2.37. The molecule has 1 N–H and O–H groups in total. The molecule has 3 saturated heterocycles. The van der Waals surface area contributed by atoms with Crippen LogP contribution in [0.5, 0.6) is 0 Å². The first-order valence-corrected chi connectivity index (χ1v) is 14.5. The molecule has 1 spiro atoms. The Morgan fingerprint density at radius 2 is 1.88 bits per heavy atom. The number of hydrogen-bond donors (Lipinski definition) is 1. The molecular weight excluding hydrogens is 524 g/mol. The fourth-order valence-electron chi connectivity index (χ4n) is 7.36. The highest BCUT2D eigenvalue weighted by Gasteiger charge is 2.79. The van der Waals surface area contributed by atoms with Crippen molar-refractivity contribution >= 4 is 28.8 Å². The van der Waals surface area contributed by atoms with E-state index in [4.69, 9.17) is 4.74 Å². The van der Waals surface area contributed by atoms with Crippen molar-refractivity contribution in [2.75, 3.05) is 32.8 Å². The monoisotopic (exact) mass is 564 g/mol. The summed E-state index contributed by atoms with van der Waals surface area (Å²) in [5.74, 6) is -2.31. The van der Waals surface area contributed by atoms with E-state index in [1.165, 1.54) is 4.90 Å². The van der Waals surface area contributed by atoms with E-state index in [9.17, 15) is 19.5 Å². The van der Waals surface area contributed by atoms with Gasteiger partial charge in [-0.3, -0.25) is 14.4 Å². The standard InChI is InChI=1S/C30H40N6O5/c1-5-15-33(16-6-2)26(38)23-24-27(39)35(18-19-37)25(30(24)14-13-29(23,8-4)41-30)28(40)34(17-7-3)20-36-22-12-10-9-11-21(22)31-32-36/h5,7,9-12,23-25,37H,1,3,6,8,13-20H2,2,4H3/t23-,24-,25?,29+,30?/m0/s1. The third-order valence-electron chi connectivity index (χ3n) is 9.06. The summed E-state index contributed by atoms with van der Waals surface area (Å²) in [5, 5.41) is 18.4. The molecule has 0 aliphatic carbocycles. The average Bonchev–Trinajstić information content (AvgIpc) is 3.70. The largest absolute Gasteiger partial charge is 0.395 e. The Kier molecular flexibility index (Phi) is 8.02. The van der Waals surface area contributed by atoms with E-state index < -0.39 is 29.1 Å². The van der Waals surface area contributed by atoms with E-state index >= 15 is 0 Å². The van der Waals surface area contributed by atoms with Crippen LogP contribution in [0.15, 0.2) is 49.6 Å². The lowest BCUT2D eigenvalue weighted by Crippen LogP contribution is -2.57. The van der Waals surface area contributed by atoms with Crippen molar-refractivity contribution in [2.24, 2.45) is 11.8 Å². The van der Waals surface area contributed by atoms with Gasteiger partial charge in [-0.15, -0.1) is 18.3 Å². The van der Waals surface area contributed by atoms with Crippen LogP contribution in [0.2, 0.25) is 0 Å². The Bertz CT molecular complexity index is 1340. The van der Waals surface area contributed by atoms with Crippen LogP contribution in [0, 0.1) is 11.8 Å². The number of rotatable bonds is 13. The molecule has 2 unspecified atom stereocenters. The number of benzene rings is 1. The number of amides is 3. The van der Waals surface area contributed by atoms with Crippen molar-refractivity contribution in [3.05, 3.63) is 49.6 Å². The summed E-state index contributed by atoms with van der Waals surface area (Å²) in [5.41, 5.74) is -0.530. The summed E-state index contributed by atoms with van der Waals surface area (Å²) >= 11 is 0. The molecule has 220 valence electrons. The maximum absolute atomic E-state index is 14.5. The zero-order valence-corrected chi connectivity index (χ0v) is 23.9. The number of ether oxygens (including phenoxy) is 1. The molecule has 3 aliphatic heterocycles. The SMILES string of the molecule is C=CCN(Cn1nnc2ccccc21)C(=O)C1N(CCO)C(=O)[C@@H]2[C@@H](C(=O)N(CC=C)CCC)[C@@]3(CC)CCC12O3. The summed E-state index contributed by atoms with van der Waals surface area (Å²) in [7, 11) is 0. The second-order valence-corrected chi connectivity index (χ2v) is 11.2. The minimum absolute atomic E-state index is 0.0313. The molecule has 5 atom stereocenters. The van der Waals surface area contributed by atoms with Crippen LogP contribution in [-0.4, -0.2) is 103 Å². The number of aliphatic hydroxyl groups is 1. The van der Waals surface area contributed by atoms with Crippen LogP contribution in [-0.2, 0) is 25.8 Å². The number of likely N-dealkylation sites (tertiary alicyclic amines) is 1. The zero-order chi connectivity index (χ0) is 29.4. The van der Waals surface area contributed by atoms with Gasteiger partial charge in [0.15, 0.2) is 0 Å². The molecule has 41 heavy (non-hydrogen) atoms. The van der Waals surface area contributed by atoms with Crippen LogP contribution >= 0.6 is 0 Å². The predicted octanol–water partition coefficient (Wildman–Crippen LogP) is 1.98. The third kappa shape index (κ3) is 4.46. The molecule has 11 heteroatoms. The number of carbonyl (C=O) groups is 3. The molecule has 0 radical (unpaired) electrons. The maximum Gasteiger partial charge on any atom is 0.250 e. The highest BCUT2D eigenvalue weighted by Crippen LogP contribution is 2.64. The van der Waals surface area contributed by atoms with Gasteiger partial charge in [0.25, 0.3) is 0 Å². The van der Waals surface area contributed by atoms with E-state index in [0.717, 1.165) is 11.9 Å². The number of hydrogen-bond acceptors (Lipinski definition) is 7. The van der Waals surface area contributed by atoms with Gasteiger partial charge in [-0.25, -0.2) is 4.68 Å². The van der Waals surface area contributed by atoms with Gasteiger partial charge in [0, 0.05) is 26.2 Å². The molecule has 4 heterocycles. The Balaban J connectivity index is 1.55. The van der Waals surface area contributed by atoms with Crippen LogP contribution in [0.25, 0.3) is 11.0 Å². The van der Waals surface area contributed by atoms with Crippen molar-refractivity contribution in [1.29, 1.82) is 0 Å². The fourth-order valence-corrected chi connectivity index (χ4v) is 7.36. The van der Waals surface area contributed by atoms with Gasteiger partial charge < -0.3 is 24.5 Å². The Labute approximate surface area is 240 Å². The van der Waals surface area contributed by atoms with Crippen molar-refractivity contribution < 1.29 is 24.2 Å². The van der Waals surface area contributed by atoms with Crippen molar-refractivity contribution in [2.45, 2.75) is 63.4 Å². The molecular formula is C30H40N6O5. The second-order valence-electron chi connectivity index (χ2n) is 11.2. The van der Waals surface area contributed by atoms with Gasteiger partial charge in [-0.1, -0.05) is 43.3 Å². The highest BCUT2D eigenvalue weighted by atomic mass is 16.5. The van der Waals surface area contributed by atoms with E-state index in [1.807, 2.05) is 38.1 Å². The quantitative estimate of drug-likeness (QED) is 0.369. The van der Waals surface area contributed by atoms with Crippen LogP contribution < -0.4 is 0 Å². The van der Waals surface area contributed by atoms with E-state index in [-0.39, 0.29) is 44.1 Å². The van der Waals surface area contributed by atoms with Gasteiger partial charge in [-0.2, -0.15) is 0 Å².